The summed E-state index contributed by atoms with van der Waals surface area (Å²) in [4.78, 5) is 8.57. The van der Waals surface area contributed by atoms with Gasteiger partial charge in [-0.2, -0.15) is 0 Å². The average molecular weight is 583 g/mol. The molecule has 0 saturated carbocycles. The van der Waals surface area contributed by atoms with E-state index in [0.29, 0.717) is 6.42 Å². The number of imidazole rings is 1. The molecule has 3 aromatic carbocycles. The lowest BCUT2D eigenvalue weighted by molar-refractivity contribution is 0.415. The summed E-state index contributed by atoms with van der Waals surface area (Å²) < 4.78 is 34.8. The van der Waals surface area contributed by atoms with Crippen molar-refractivity contribution in [1.29, 1.82) is 0 Å². The number of halogens is 1. The lowest BCUT2D eigenvalue weighted by Crippen LogP contribution is -2.26. The van der Waals surface area contributed by atoms with Crippen LogP contribution in [0.25, 0.3) is 22.6 Å². The van der Waals surface area contributed by atoms with Gasteiger partial charge >= 0.3 is 0 Å². The Labute approximate surface area is 227 Å². The van der Waals surface area contributed by atoms with Crippen LogP contribution in [0, 0.1) is 0 Å². The highest BCUT2D eigenvalue weighted by Gasteiger charge is 2.18. The van der Waals surface area contributed by atoms with E-state index in [2.05, 4.69) is 32.6 Å². The molecule has 0 aliphatic heterocycles. The molecule has 6 nitrogen and oxygen atoms in total. The van der Waals surface area contributed by atoms with Crippen molar-refractivity contribution in [2.24, 2.45) is 0 Å². The maximum atomic E-state index is 12.9. The average Bonchev–Trinajstić information content (AvgIpc) is 3.33. The molecule has 0 saturated heterocycles. The zero-order valence-electron chi connectivity index (χ0n) is 21.1. The van der Waals surface area contributed by atoms with Crippen LogP contribution in [0.15, 0.2) is 82.2 Å². The van der Waals surface area contributed by atoms with E-state index in [1.165, 1.54) is 6.42 Å². The molecule has 0 bridgehead atoms. The van der Waals surface area contributed by atoms with Crippen LogP contribution in [0.5, 0.6) is 5.75 Å². The fourth-order valence-corrected chi connectivity index (χ4v) is 5.67. The van der Waals surface area contributed by atoms with Crippen molar-refractivity contribution in [3.8, 4) is 28.4 Å². The molecule has 0 fully saturated rings. The first-order valence-electron chi connectivity index (χ1n) is 12.5. The number of ether oxygens (including phenoxy) is 1. The van der Waals surface area contributed by atoms with Gasteiger partial charge in [-0.25, -0.2) is 18.1 Å². The standard InChI is InChI=1S/C29H32BrN3O3S/c1-3-4-5-8-21-11-17-24(18-12-21)37(34,35)31-20-19-27-28(22-13-15-23(36-2)16-14-22)33-29(32-27)25-9-6-7-10-26(25)30/h6-7,9-18,31H,3-5,8,19-20H2,1-2H3,(H,32,33). The Balaban J connectivity index is 1.52. The van der Waals surface area contributed by atoms with Gasteiger partial charge in [-0.3, -0.25) is 0 Å². The lowest BCUT2D eigenvalue weighted by Gasteiger charge is -2.09. The van der Waals surface area contributed by atoms with Gasteiger partial charge in [0, 0.05) is 34.3 Å². The van der Waals surface area contributed by atoms with E-state index in [1.54, 1.807) is 19.2 Å². The van der Waals surface area contributed by atoms with E-state index in [4.69, 9.17) is 9.72 Å². The van der Waals surface area contributed by atoms with Gasteiger partial charge in [0.15, 0.2) is 0 Å². The molecule has 0 aliphatic carbocycles. The molecule has 0 spiro atoms. The van der Waals surface area contributed by atoms with Crippen LogP contribution >= 0.6 is 15.9 Å². The summed E-state index contributed by atoms with van der Waals surface area (Å²) in [6.45, 7) is 2.41. The summed E-state index contributed by atoms with van der Waals surface area (Å²) in [5, 5.41) is 0. The molecule has 8 heteroatoms. The summed E-state index contributed by atoms with van der Waals surface area (Å²) >= 11 is 3.60. The fourth-order valence-electron chi connectivity index (χ4n) is 4.17. The minimum atomic E-state index is -3.62. The second-order valence-electron chi connectivity index (χ2n) is 8.87. The van der Waals surface area contributed by atoms with E-state index >= 15 is 0 Å². The Morgan fingerprint density at radius 1 is 0.946 bits per heavy atom. The molecule has 4 aromatic rings. The summed E-state index contributed by atoms with van der Waals surface area (Å²) in [6.07, 6.45) is 4.87. The minimum Gasteiger partial charge on any atom is -0.497 e. The number of H-pyrrole nitrogens is 1. The van der Waals surface area contributed by atoms with E-state index in [1.807, 2.05) is 60.7 Å². The number of benzene rings is 3. The Morgan fingerprint density at radius 3 is 2.35 bits per heavy atom. The molecule has 0 atom stereocenters. The molecule has 0 unspecified atom stereocenters. The smallest absolute Gasteiger partial charge is 0.240 e. The highest BCUT2D eigenvalue weighted by atomic mass is 79.9. The number of hydrogen-bond donors (Lipinski definition) is 2. The molecule has 0 amide bonds. The quantitative estimate of drug-likeness (QED) is 0.181. The summed E-state index contributed by atoms with van der Waals surface area (Å²) in [7, 11) is -1.99. The van der Waals surface area contributed by atoms with Crippen molar-refractivity contribution in [2.45, 2.75) is 43.9 Å². The number of methoxy groups -OCH3 is 1. The Bertz CT molecular complexity index is 1420. The van der Waals surface area contributed by atoms with Crippen molar-refractivity contribution in [2.75, 3.05) is 13.7 Å². The first kappa shape index (κ1) is 27.1. The van der Waals surface area contributed by atoms with Gasteiger partial charge < -0.3 is 9.72 Å². The fraction of sp³-hybridized carbons (Fsp3) is 0.276. The number of nitrogens with zero attached hydrogens (tertiary/aromatic N) is 1. The van der Waals surface area contributed by atoms with Crippen LogP contribution in [0.3, 0.4) is 0 Å². The zero-order valence-corrected chi connectivity index (χ0v) is 23.5. The number of hydrogen-bond acceptors (Lipinski definition) is 4. The lowest BCUT2D eigenvalue weighted by atomic mass is 10.1. The van der Waals surface area contributed by atoms with Crippen LogP contribution in [0.1, 0.15) is 37.4 Å². The number of aromatic nitrogens is 2. The third-order valence-electron chi connectivity index (χ3n) is 6.24. The third kappa shape index (κ3) is 6.89. The second-order valence-corrected chi connectivity index (χ2v) is 11.5. The Kier molecular flexibility index (Phi) is 9.18. The van der Waals surface area contributed by atoms with Gasteiger partial charge in [-0.15, -0.1) is 0 Å². The third-order valence-corrected chi connectivity index (χ3v) is 8.41. The monoisotopic (exact) mass is 581 g/mol. The molecule has 1 aromatic heterocycles. The molecule has 194 valence electrons. The van der Waals surface area contributed by atoms with Crippen molar-refractivity contribution in [3.63, 3.8) is 0 Å². The molecule has 4 rings (SSSR count). The maximum absolute atomic E-state index is 12.9. The molecular weight excluding hydrogens is 550 g/mol. The van der Waals surface area contributed by atoms with E-state index in [0.717, 1.165) is 63.4 Å². The van der Waals surface area contributed by atoms with Crippen LogP contribution in [-0.4, -0.2) is 32.0 Å². The van der Waals surface area contributed by atoms with Crippen LogP contribution in [0.4, 0.5) is 0 Å². The highest BCUT2D eigenvalue weighted by Crippen LogP contribution is 2.31. The number of rotatable bonds is 12. The predicted octanol–water partition coefficient (Wildman–Crippen LogP) is 6.77. The number of aromatic amines is 1. The van der Waals surface area contributed by atoms with Crippen LogP contribution in [0.2, 0.25) is 0 Å². The van der Waals surface area contributed by atoms with Gasteiger partial charge in [0.2, 0.25) is 10.0 Å². The summed E-state index contributed by atoms with van der Waals surface area (Å²) in [5.74, 6) is 1.48. The van der Waals surface area contributed by atoms with Crippen molar-refractivity contribution < 1.29 is 13.2 Å². The Hall–Kier alpha value is -2.94. The second kappa shape index (κ2) is 12.5. The molecule has 0 radical (unpaired) electrons. The predicted molar refractivity (Wildman–Crippen MR) is 152 cm³/mol. The number of sulfonamides is 1. The largest absolute Gasteiger partial charge is 0.497 e. The van der Waals surface area contributed by atoms with Gasteiger partial charge in [0.1, 0.15) is 11.6 Å². The van der Waals surface area contributed by atoms with Crippen molar-refractivity contribution in [1.82, 2.24) is 14.7 Å². The summed E-state index contributed by atoms with van der Waals surface area (Å²) in [6, 6.07) is 22.7. The first-order chi connectivity index (χ1) is 17.9. The zero-order chi connectivity index (χ0) is 26.3. The molecule has 37 heavy (non-hydrogen) atoms. The normalized spacial score (nSPS) is 11.5. The van der Waals surface area contributed by atoms with Crippen molar-refractivity contribution >= 4 is 26.0 Å². The summed E-state index contributed by atoms with van der Waals surface area (Å²) in [5.41, 5.74) is 4.65. The van der Waals surface area contributed by atoms with Crippen LogP contribution < -0.4 is 9.46 Å². The van der Waals surface area contributed by atoms with Gasteiger partial charge in [-0.05, 0) is 60.9 Å². The van der Waals surface area contributed by atoms with Crippen molar-refractivity contribution in [3.05, 3.63) is 88.5 Å². The van der Waals surface area contributed by atoms with Gasteiger partial charge in [0.25, 0.3) is 0 Å². The van der Waals surface area contributed by atoms with Crippen LogP contribution in [-0.2, 0) is 22.9 Å². The Morgan fingerprint density at radius 2 is 1.68 bits per heavy atom. The van der Waals surface area contributed by atoms with E-state index < -0.39 is 10.0 Å². The molecule has 0 aliphatic rings. The van der Waals surface area contributed by atoms with Gasteiger partial charge in [-0.1, -0.05) is 66.0 Å². The first-order valence-corrected chi connectivity index (χ1v) is 14.8. The van der Waals surface area contributed by atoms with E-state index in [-0.39, 0.29) is 11.4 Å². The molecule has 1 heterocycles. The topological polar surface area (TPSA) is 84.1 Å². The number of aryl methyl sites for hydroxylation is 1. The number of unbranched alkanes of at least 4 members (excludes halogenated alkanes) is 2. The maximum Gasteiger partial charge on any atom is 0.240 e. The van der Waals surface area contributed by atoms with Gasteiger partial charge in [0.05, 0.1) is 17.7 Å². The minimum absolute atomic E-state index is 0.237. The number of nitrogens with one attached hydrogen (secondary N) is 2. The highest BCUT2D eigenvalue weighted by molar-refractivity contribution is 9.10. The molecular formula is C29H32BrN3O3S. The SMILES string of the molecule is CCCCCc1ccc(S(=O)(=O)NCCc2[nH]c(-c3ccccc3Br)nc2-c2ccc(OC)cc2)cc1. The van der Waals surface area contributed by atoms with E-state index in [9.17, 15) is 8.42 Å². The molecule has 2 N–H and O–H groups in total.